The van der Waals surface area contributed by atoms with Crippen LogP contribution in [-0.4, -0.2) is 37.5 Å². The van der Waals surface area contributed by atoms with Crippen molar-refractivity contribution in [2.24, 2.45) is 0 Å². The number of nitrogens with zero attached hydrogens (tertiary/aromatic N) is 1. The van der Waals surface area contributed by atoms with Crippen molar-refractivity contribution in [1.29, 1.82) is 0 Å². The van der Waals surface area contributed by atoms with Crippen molar-refractivity contribution in [3.63, 3.8) is 0 Å². The summed E-state index contributed by atoms with van der Waals surface area (Å²) < 4.78 is 29.2. The van der Waals surface area contributed by atoms with Crippen molar-refractivity contribution in [3.05, 3.63) is 60.2 Å². The second kappa shape index (κ2) is 9.71. The molecule has 3 rings (SSSR count). The van der Waals surface area contributed by atoms with E-state index in [-0.39, 0.29) is 4.90 Å². The van der Waals surface area contributed by atoms with Crippen molar-refractivity contribution >= 4 is 15.8 Å². The Morgan fingerprint density at radius 3 is 2.31 bits per heavy atom. The number of hydrogen-bond donors (Lipinski definition) is 2. The zero-order valence-electron chi connectivity index (χ0n) is 15.2. The largest absolute Gasteiger partial charge is 0.399 e. The fraction of sp³-hybridized carbons (Fsp3) is 0.400. The molecule has 1 heterocycles. The summed E-state index contributed by atoms with van der Waals surface area (Å²) in [6, 6.07) is 16.4. The Morgan fingerprint density at radius 2 is 1.73 bits per heavy atom. The molecule has 1 unspecified atom stereocenters. The lowest BCUT2D eigenvalue weighted by atomic mass is 9.96. The Hall–Kier alpha value is -1.89. The predicted octanol–water partition coefficient (Wildman–Crippen LogP) is 3.62. The molecule has 0 aromatic heterocycles. The number of benzene rings is 2. The second-order valence-corrected chi connectivity index (χ2v) is 8.08. The standard InChI is InChI=1S/C14H22N2.C6H6O3S/c1-16-11-5-4-7-13(16)10-9-12-6-2-3-8-14(12)15;7-10(8,9)6-4-2-1-3-5-6/h2-3,6,8,13H,4-5,7,9-11,15H2,1H3;1-5H,(H,7,8,9). The molecule has 1 fully saturated rings. The van der Waals surface area contributed by atoms with Crippen LogP contribution in [-0.2, 0) is 16.5 Å². The average Bonchev–Trinajstić information content (AvgIpc) is 2.63. The van der Waals surface area contributed by atoms with E-state index in [2.05, 4.69) is 24.1 Å². The third kappa shape index (κ3) is 6.44. The Morgan fingerprint density at radius 1 is 1.08 bits per heavy atom. The van der Waals surface area contributed by atoms with Gasteiger partial charge in [0.25, 0.3) is 10.1 Å². The van der Waals surface area contributed by atoms with E-state index in [9.17, 15) is 8.42 Å². The zero-order chi connectivity index (χ0) is 19.0. The maximum absolute atomic E-state index is 10.4. The van der Waals surface area contributed by atoms with Crippen LogP contribution in [0.2, 0.25) is 0 Å². The number of likely N-dealkylation sites (tertiary alicyclic amines) is 1. The lowest BCUT2D eigenvalue weighted by molar-refractivity contribution is 0.176. The van der Waals surface area contributed by atoms with Crippen LogP contribution < -0.4 is 5.73 Å². The van der Waals surface area contributed by atoms with Gasteiger partial charge < -0.3 is 10.6 Å². The molecule has 26 heavy (non-hydrogen) atoms. The van der Waals surface area contributed by atoms with Crippen LogP contribution in [0.25, 0.3) is 0 Å². The van der Waals surface area contributed by atoms with Crippen LogP contribution in [0.5, 0.6) is 0 Å². The third-order valence-corrected chi connectivity index (χ3v) is 5.63. The molecule has 0 radical (unpaired) electrons. The van der Waals surface area contributed by atoms with E-state index in [1.807, 2.05) is 12.1 Å². The van der Waals surface area contributed by atoms with Gasteiger partial charge in [-0.1, -0.05) is 42.8 Å². The highest BCUT2D eigenvalue weighted by molar-refractivity contribution is 7.85. The monoisotopic (exact) mass is 376 g/mol. The van der Waals surface area contributed by atoms with Gasteiger partial charge in [-0.3, -0.25) is 4.55 Å². The van der Waals surface area contributed by atoms with Crippen molar-refractivity contribution in [1.82, 2.24) is 4.90 Å². The summed E-state index contributed by atoms with van der Waals surface area (Å²) in [4.78, 5) is 2.43. The van der Waals surface area contributed by atoms with E-state index in [1.165, 1.54) is 49.9 Å². The normalized spacial score (nSPS) is 18.0. The van der Waals surface area contributed by atoms with Gasteiger partial charge in [0.2, 0.25) is 0 Å². The number of anilines is 1. The van der Waals surface area contributed by atoms with Gasteiger partial charge in [0, 0.05) is 11.7 Å². The summed E-state index contributed by atoms with van der Waals surface area (Å²) in [6.45, 7) is 1.26. The number of para-hydroxylation sites is 1. The SMILES string of the molecule is CN1CCCCC1CCc1ccccc1N.O=S(=O)(O)c1ccccc1. The van der Waals surface area contributed by atoms with Gasteiger partial charge in [-0.15, -0.1) is 0 Å². The molecule has 1 atom stereocenters. The minimum absolute atomic E-state index is 0.0741. The topological polar surface area (TPSA) is 83.6 Å². The van der Waals surface area contributed by atoms with E-state index in [0.29, 0.717) is 0 Å². The molecule has 1 aliphatic heterocycles. The first-order valence-corrected chi connectivity index (χ1v) is 10.4. The third-order valence-electron chi connectivity index (χ3n) is 4.76. The first-order chi connectivity index (χ1) is 12.4. The minimum Gasteiger partial charge on any atom is -0.399 e. The molecule has 1 saturated heterocycles. The lowest BCUT2D eigenvalue weighted by Crippen LogP contribution is -2.36. The first kappa shape index (κ1) is 20.4. The molecular weight excluding hydrogens is 348 g/mol. The van der Waals surface area contributed by atoms with Crippen molar-refractivity contribution in [2.75, 3.05) is 19.3 Å². The van der Waals surface area contributed by atoms with E-state index in [1.54, 1.807) is 18.2 Å². The van der Waals surface area contributed by atoms with Gasteiger partial charge in [0.05, 0.1) is 4.90 Å². The lowest BCUT2D eigenvalue weighted by Gasteiger charge is -2.32. The van der Waals surface area contributed by atoms with Gasteiger partial charge in [-0.25, -0.2) is 0 Å². The number of piperidine rings is 1. The maximum Gasteiger partial charge on any atom is 0.294 e. The van der Waals surface area contributed by atoms with Gasteiger partial charge >= 0.3 is 0 Å². The van der Waals surface area contributed by atoms with Crippen molar-refractivity contribution < 1.29 is 13.0 Å². The van der Waals surface area contributed by atoms with Crippen LogP contribution in [0.4, 0.5) is 5.69 Å². The van der Waals surface area contributed by atoms with Gasteiger partial charge in [-0.2, -0.15) is 8.42 Å². The summed E-state index contributed by atoms with van der Waals surface area (Å²) in [5.41, 5.74) is 8.21. The van der Waals surface area contributed by atoms with E-state index >= 15 is 0 Å². The molecule has 0 amide bonds. The fourth-order valence-corrected chi connectivity index (χ4v) is 3.69. The summed E-state index contributed by atoms with van der Waals surface area (Å²) in [5.74, 6) is 0. The van der Waals surface area contributed by atoms with Gasteiger partial charge in [0.15, 0.2) is 0 Å². The Kier molecular flexibility index (Phi) is 7.63. The summed E-state index contributed by atoms with van der Waals surface area (Å²) >= 11 is 0. The molecule has 6 heteroatoms. The summed E-state index contributed by atoms with van der Waals surface area (Å²) in [6.07, 6.45) is 6.45. The summed E-state index contributed by atoms with van der Waals surface area (Å²) in [5, 5.41) is 0. The Labute approximate surface area is 156 Å². The van der Waals surface area contributed by atoms with Crippen molar-refractivity contribution in [3.8, 4) is 0 Å². The molecule has 2 aromatic carbocycles. The highest BCUT2D eigenvalue weighted by Gasteiger charge is 2.18. The highest BCUT2D eigenvalue weighted by atomic mass is 32.2. The van der Waals surface area contributed by atoms with Crippen LogP contribution in [0.1, 0.15) is 31.2 Å². The highest BCUT2D eigenvalue weighted by Crippen LogP contribution is 2.21. The maximum atomic E-state index is 10.4. The van der Waals surface area contributed by atoms with Crippen LogP contribution >= 0.6 is 0 Å². The molecule has 3 N–H and O–H groups in total. The van der Waals surface area contributed by atoms with Crippen LogP contribution in [0.15, 0.2) is 59.5 Å². The van der Waals surface area contributed by atoms with Crippen LogP contribution in [0.3, 0.4) is 0 Å². The number of rotatable bonds is 4. The molecule has 2 aromatic rings. The molecular formula is C20H28N2O3S. The molecule has 0 saturated carbocycles. The zero-order valence-corrected chi connectivity index (χ0v) is 16.0. The second-order valence-electron chi connectivity index (χ2n) is 6.66. The molecule has 142 valence electrons. The van der Waals surface area contributed by atoms with E-state index in [0.717, 1.165) is 18.2 Å². The van der Waals surface area contributed by atoms with Gasteiger partial charge in [0.1, 0.15) is 0 Å². The number of aryl methyl sites for hydroxylation is 1. The van der Waals surface area contributed by atoms with Crippen molar-refractivity contribution in [2.45, 2.75) is 43.0 Å². The Bertz CT molecular complexity index is 779. The molecule has 0 bridgehead atoms. The number of hydrogen-bond acceptors (Lipinski definition) is 4. The average molecular weight is 377 g/mol. The molecule has 1 aliphatic rings. The van der Waals surface area contributed by atoms with E-state index in [4.69, 9.17) is 10.3 Å². The van der Waals surface area contributed by atoms with E-state index < -0.39 is 10.1 Å². The minimum atomic E-state index is -4.00. The quantitative estimate of drug-likeness (QED) is 0.629. The number of nitrogens with two attached hydrogens (primary N) is 1. The Balaban J connectivity index is 0.000000209. The predicted molar refractivity (Wildman–Crippen MR) is 106 cm³/mol. The smallest absolute Gasteiger partial charge is 0.294 e. The van der Waals surface area contributed by atoms with Gasteiger partial charge in [-0.05, 0) is 63.0 Å². The summed E-state index contributed by atoms with van der Waals surface area (Å²) in [7, 11) is -1.75. The number of nitrogen functional groups attached to an aromatic ring is 1. The fourth-order valence-electron chi connectivity index (χ4n) is 3.19. The molecule has 5 nitrogen and oxygen atoms in total. The molecule has 0 spiro atoms. The molecule has 0 aliphatic carbocycles. The first-order valence-electron chi connectivity index (χ1n) is 8.94. The van der Waals surface area contributed by atoms with Crippen LogP contribution in [0, 0.1) is 0 Å².